The molecule has 90 valence electrons. The van der Waals surface area contributed by atoms with Gasteiger partial charge in [0.15, 0.2) is 0 Å². The van der Waals surface area contributed by atoms with Gasteiger partial charge in [-0.1, -0.05) is 12.5 Å². The van der Waals surface area contributed by atoms with Gasteiger partial charge >= 0.3 is 0 Å². The van der Waals surface area contributed by atoms with Crippen LogP contribution in [0.1, 0.15) is 30.5 Å². The van der Waals surface area contributed by atoms with Gasteiger partial charge in [0, 0.05) is 28.3 Å². The molecule has 0 unspecified atom stereocenters. The van der Waals surface area contributed by atoms with E-state index in [1.807, 2.05) is 0 Å². The maximum atomic E-state index is 6.04. The number of halogens is 1. The molecule has 3 heteroatoms. The van der Waals surface area contributed by atoms with E-state index in [1.165, 1.54) is 40.5 Å². The van der Waals surface area contributed by atoms with Gasteiger partial charge in [0.25, 0.3) is 0 Å². The molecule has 0 aromatic carbocycles. The molecule has 1 aliphatic rings. The van der Waals surface area contributed by atoms with Gasteiger partial charge in [-0.25, -0.2) is 0 Å². The van der Waals surface area contributed by atoms with Crippen molar-refractivity contribution in [3.63, 3.8) is 0 Å². The van der Waals surface area contributed by atoms with Crippen LogP contribution >= 0.6 is 15.9 Å². The van der Waals surface area contributed by atoms with Crippen molar-refractivity contribution in [1.29, 1.82) is 0 Å². The maximum Gasteiger partial charge on any atom is 0.0598 e. The molecular formula is C14H17BrN2. The molecule has 3 rings (SSSR count). The number of hydrogen-bond donors (Lipinski definition) is 1. The van der Waals surface area contributed by atoms with Crippen molar-refractivity contribution >= 4 is 21.4 Å². The Morgan fingerprint density at radius 3 is 2.76 bits per heavy atom. The fraction of sp³-hybridized carbons (Fsp3) is 0.429. The first kappa shape index (κ1) is 11.3. The molecule has 17 heavy (non-hydrogen) atoms. The zero-order valence-corrected chi connectivity index (χ0v) is 11.6. The van der Waals surface area contributed by atoms with Gasteiger partial charge in [-0.15, -0.1) is 0 Å². The van der Waals surface area contributed by atoms with Crippen molar-refractivity contribution in [2.24, 2.45) is 5.73 Å². The molecular weight excluding hydrogens is 276 g/mol. The summed E-state index contributed by atoms with van der Waals surface area (Å²) in [5.41, 5.74) is 10.3. The van der Waals surface area contributed by atoms with E-state index in [-0.39, 0.29) is 5.41 Å². The Morgan fingerprint density at radius 2 is 2.18 bits per heavy atom. The SMILES string of the molecule is Cc1c(Br)c2ccccn2c1C1(CN)CCC1. The van der Waals surface area contributed by atoms with Gasteiger partial charge < -0.3 is 10.1 Å². The van der Waals surface area contributed by atoms with E-state index in [9.17, 15) is 0 Å². The predicted octanol–water partition coefficient (Wildman–Crippen LogP) is 3.39. The van der Waals surface area contributed by atoms with Crippen LogP contribution in [0.25, 0.3) is 5.52 Å². The first-order valence-electron chi connectivity index (χ1n) is 6.15. The normalized spacial score (nSPS) is 18.3. The molecule has 0 spiro atoms. The molecule has 1 saturated carbocycles. The summed E-state index contributed by atoms with van der Waals surface area (Å²) in [6, 6.07) is 6.33. The molecule has 2 nitrogen and oxygen atoms in total. The van der Waals surface area contributed by atoms with Crippen LogP contribution < -0.4 is 5.73 Å². The number of nitrogens with zero attached hydrogens (tertiary/aromatic N) is 1. The van der Waals surface area contributed by atoms with Crippen molar-refractivity contribution in [2.45, 2.75) is 31.6 Å². The molecule has 0 amide bonds. The summed E-state index contributed by atoms with van der Waals surface area (Å²) in [5, 5.41) is 0. The molecule has 0 bridgehead atoms. The van der Waals surface area contributed by atoms with Crippen molar-refractivity contribution in [2.75, 3.05) is 6.54 Å². The minimum Gasteiger partial charge on any atom is -0.330 e. The minimum absolute atomic E-state index is 0.209. The van der Waals surface area contributed by atoms with Crippen LogP contribution in [0.15, 0.2) is 28.9 Å². The van der Waals surface area contributed by atoms with Gasteiger partial charge in [0.2, 0.25) is 0 Å². The highest BCUT2D eigenvalue weighted by Crippen LogP contribution is 2.46. The van der Waals surface area contributed by atoms with Crippen molar-refractivity contribution < 1.29 is 0 Å². The van der Waals surface area contributed by atoms with Crippen LogP contribution in [0.5, 0.6) is 0 Å². The maximum absolute atomic E-state index is 6.04. The summed E-state index contributed by atoms with van der Waals surface area (Å²) in [4.78, 5) is 0. The summed E-state index contributed by atoms with van der Waals surface area (Å²) in [7, 11) is 0. The van der Waals surface area contributed by atoms with Gasteiger partial charge in [0.1, 0.15) is 0 Å². The van der Waals surface area contributed by atoms with Crippen molar-refractivity contribution in [1.82, 2.24) is 4.40 Å². The smallest absolute Gasteiger partial charge is 0.0598 e. The standard InChI is InChI=1S/C14H17BrN2/c1-10-12(15)11-5-2-3-8-17(11)13(10)14(9-16)6-4-7-14/h2-3,5,8H,4,6-7,9,16H2,1H3. The highest BCUT2D eigenvalue weighted by molar-refractivity contribution is 9.10. The van der Waals surface area contributed by atoms with Gasteiger partial charge in [-0.3, -0.25) is 0 Å². The predicted molar refractivity (Wildman–Crippen MR) is 74.4 cm³/mol. The Hall–Kier alpha value is -0.800. The Bertz CT molecular complexity index is 561. The van der Waals surface area contributed by atoms with Crippen LogP contribution in [0.4, 0.5) is 0 Å². The minimum atomic E-state index is 0.209. The number of nitrogens with two attached hydrogens (primary N) is 1. The summed E-state index contributed by atoms with van der Waals surface area (Å²) in [5.74, 6) is 0. The van der Waals surface area contributed by atoms with E-state index in [1.54, 1.807) is 0 Å². The molecule has 2 aromatic heterocycles. The fourth-order valence-corrected chi connectivity index (χ4v) is 3.60. The fourth-order valence-electron chi connectivity index (χ4n) is 3.09. The van der Waals surface area contributed by atoms with Crippen molar-refractivity contribution in [3.05, 3.63) is 40.1 Å². The lowest BCUT2D eigenvalue weighted by atomic mass is 9.66. The number of hydrogen-bond acceptors (Lipinski definition) is 1. The zero-order valence-electron chi connectivity index (χ0n) is 10.0. The Kier molecular flexibility index (Phi) is 2.56. The van der Waals surface area contributed by atoms with Crippen molar-refractivity contribution in [3.8, 4) is 0 Å². The molecule has 2 heterocycles. The van der Waals surface area contributed by atoms with E-state index in [2.05, 4.69) is 51.7 Å². The van der Waals surface area contributed by atoms with Gasteiger partial charge in [-0.05, 0) is 53.4 Å². The number of aromatic nitrogens is 1. The second-order valence-corrected chi connectivity index (χ2v) is 5.87. The average molecular weight is 293 g/mol. The van der Waals surface area contributed by atoms with E-state index < -0.39 is 0 Å². The zero-order chi connectivity index (χ0) is 12.0. The first-order chi connectivity index (χ1) is 8.19. The lowest BCUT2D eigenvalue weighted by Gasteiger charge is -2.41. The third kappa shape index (κ3) is 1.42. The highest BCUT2D eigenvalue weighted by atomic mass is 79.9. The highest BCUT2D eigenvalue weighted by Gasteiger charge is 2.41. The molecule has 2 N–H and O–H groups in total. The lowest BCUT2D eigenvalue weighted by molar-refractivity contribution is 0.243. The summed E-state index contributed by atoms with van der Waals surface area (Å²) >= 11 is 3.71. The van der Waals surface area contributed by atoms with Gasteiger partial charge in [0.05, 0.1) is 5.52 Å². The summed E-state index contributed by atoms with van der Waals surface area (Å²) < 4.78 is 3.53. The lowest BCUT2D eigenvalue weighted by Crippen LogP contribution is -2.43. The molecule has 0 aliphatic heterocycles. The first-order valence-corrected chi connectivity index (χ1v) is 6.94. The Morgan fingerprint density at radius 1 is 1.41 bits per heavy atom. The molecule has 0 atom stereocenters. The third-order valence-corrected chi connectivity index (χ3v) is 5.21. The van der Waals surface area contributed by atoms with Crippen LogP contribution in [0.3, 0.4) is 0 Å². The Labute approximate surface area is 110 Å². The van der Waals surface area contributed by atoms with Crippen LogP contribution in [-0.4, -0.2) is 10.9 Å². The largest absolute Gasteiger partial charge is 0.330 e. The topological polar surface area (TPSA) is 30.4 Å². The molecule has 0 saturated heterocycles. The van der Waals surface area contributed by atoms with E-state index >= 15 is 0 Å². The molecule has 1 fully saturated rings. The monoisotopic (exact) mass is 292 g/mol. The molecule has 2 aromatic rings. The summed E-state index contributed by atoms with van der Waals surface area (Å²) in [6.07, 6.45) is 5.89. The molecule has 0 radical (unpaired) electrons. The Balaban J connectivity index is 2.32. The molecule has 1 aliphatic carbocycles. The number of pyridine rings is 1. The van der Waals surface area contributed by atoms with Gasteiger partial charge in [-0.2, -0.15) is 0 Å². The number of fused-ring (bicyclic) bond motifs is 1. The van der Waals surface area contributed by atoms with Crippen LogP contribution in [0.2, 0.25) is 0 Å². The van der Waals surface area contributed by atoms with Crippen LogP contribution in [0, 0.1) is 6.92 Å². The quantitative estimate of drug-likeness (QED) is 0.904. The van der Waals surface area contributed by atoms with Crippen LogP contribution in [-0.2, 0) is 5.41 Å². The van der Waals surface area contributed by atoms with E-state index in [0.717, 1.165) is 6.54 Å². The summed E-state index contributed by atoms with van der Waals surface area (Å²) in [6.45, 7) is 2.95. The van der Waals surface area contributed by atoms with E-state index in [4.69, 9.17) is 5.73 Å². The number of rotatable bonds is 2. The second kappa shape index (κ2) is 3.85. The van der Waals surface area contributed by atoms with E-state index in [0.29, 0.717) is 0 Å². The second-order valence-electron chi connectivity index (χ2n) is 5.08. The average Bonchev–Trinajstić information content (AvgIpc) is 2.55. The third-order valence-electron chi connectivity index (χ3n) is 4.21.